The topological polar surface area (TPSA) is 29.1 Å². The van der Waals surface area contributed by atoms with Crippen LogP contribution in [-0.2, 0) is 4.79 Å². The number of nitrogens with one attached hydrogen (secondary N) is 1. The van der Waals surface area contributed by atoms with E-state index in [1.807, 2.05) is 0 Å². The van der Waals surface area contributed by atoms with E-state index in [9.17, 15) is 4.79 Å². The molecule has 0 atom stereocenters. The van der Waals surface area contributed by atoms with Crippen molar-refractivity contribution in [1.29, 1.82) is 0 Å². The highest BCUT2D eigenvalue weighted by Gasteiger charge is 1.85. The van der Waals surface area contributed by atoms with Crippen molar-refractivity contribution in [2.24, 2.45) is 0 Å². The number of amides is 1. The lowest BCUT2D eigenvalue weighted by molar-refractivity contribution is -0.115. The van der Waals surface area contributed by atoms with E-state index in [-0.39, 0.29) is 5.91 Å². The quantitative estimate of drug-likeness (QED) is 0.466. The molecule has 0 aromatic rings. The zero-order chi connectivity index (χ0) is 7.82. The van der Waals surface area contributed by atoms with Crippen LogP contribution in [-0.4, -0.2) is 11.7 Å². The first-order valence-electron chi connectivity index (χ1n) is 3.00. The van der Waals surface area contributed by atoms with E-state index in [1.165, 1.54) is 6.08 Å². The van der Waals surface area contributed by atoms with Crippen molar-refractivity contribution in [3.05, 3.63) is 24.4 Å². The second-order valence-electron chi connectivity index (χ2n) is 1.59. The van der Waals surface area contributed by atoms with Crippen molar-refractivity contribution in [3.63, 3.8) is 0 Å². The molecule has 0 aromatic carbocycles. The Labute approximate surface area is 66.4 Å². The molecule has 0 aromatic heterocycles. The van der Waals surface area contributed by atoms with Crippen LogP contribution in [0.5, 0.6) is 0 Å². The van der Waals surface area contributed by atoms with Crippen LogP contribution >= 0.6 is 12.6 Å². The largest absolute Gasteiger partial charge is 0.329 e. The van der Waals surface area contributed by atoms with Gasteiger partial charge in [0.05, 0.1) is 0 Å². The Bertz CT molecular complexity index is 152. The molecule has 0 spiro atoms. The Hall–Kier alpha value is -0.700. The Morgan fingerprint density at radius 2 is 2.40 bits per heavy atom. The number of carbonyl (C=O) groups is 1. The van der Waals surface area contributed by atoms with E-state index in [0.29, 0.717) is 5.75 Å². The average molecular weight is 157 g/mol. The van der Waals surface area contributed by atoms with E-state index in [1.54, 1.807) is 25.3 Å². The van der Waals surface area contributed by atoms with Crippen molar-refractivity contribution in [2.75, 3.05) is 5.75 Å². The average Bonchev–Trinajstić information content (AvgIpc) is 1.89. The van der Waals surface area contributed by atoms with Crippen LogP contribution < -0.4 is 5.32 Å². The van der Waals surface area contributed by atoms with Gasteiger partial charge in [0.2, 0.25) is 5.91 Å². The Kier molecular flexibility index (Phi) is 5.97. The Morgan fingerprint density at radius 3 is 2.90 bits per heavy atom. The van der Waals surface area contributed by atoms with Gasteiger partial charge in [0, 0.05) is 12.0 Å². The molecule has 0 aliphatic rings. The van der Waals surface area contributed by atoms with Crippen LogP contribution in [0, 0.1) is 0 Å². The Balaban J connectivity index is 3.49. The summed E-state index contributed by atoms with van der Waals surface area (Å²) in [6.07, 6.45) is 6.48. The first-order chi connectivity index (χ1) is 4.81. The predicted octanol–water partition coefficient (Wildman–Crippen LogP) is 1.12. The fourth-order valence-electron chi connectivity index (χ4n) is 0.393. The molecule has 0 radical (unpaired) electrons. The molecule has 0 rings (SSSR count). The highest BCUT2D eigenvalue weighted by atomic mass is 32.1. The van der Waals surface area contributed by atoms with E-state index in [4.69, 9.17) is 0 Å². The zero-order valence-electron chi connectivity index (χ0n) is 5.87. The maximum Gasteiger partial charge on any atom is 0.247 e. The van der Waals surface area contributed by atoms with E-state index in [2.05, 4.69) is 17.9 Å². The molecule has 1 amide bonds. The van der Waals surface area contributed by atoms with Crippen LogP contribution in [0.3, 0.4) is 0 Å². The summed E-state index contributed by atoms with van der Waals surface area (Å²) < 4.78 is 0. The minimum absolute atomic E-state index is 0.111. The van der Waals surface area contributed by atoms with Gasteiger partial charge in [-0.05, 0) is 13.0 Å². The summed E-state index contributed by atoms with van der Waals surface area (Å²) in [4.78, 5) is 10.6. The summed E-state index contributed by atoms with van der Waals surface area (Å²) in [5.41, 5.74) is 0. The van der Waals surface area contributed by atoms with Crippen LogP contribution in [0.25, 0.3) is 0 Å². The van der Waals surface area contributed by atoms with Crippen LogP contribution in [0.1, 0.15) is 6.92 Å². The van der Waals surface area contributed by atoms with Gasteiger partial charge in [0.15, 0.2) is 0 Å². The van der Waals surface area contributed by atoms with Crippen molar-refractivity contribution < 1.29 is 4.79 Å². The van der Waals surface area contributed by atoms with E-state index >= 15 is 0 Å². The number of allylic oxidation sites excluding steroid dienone is 1. The summed E-state index contributed by atoms with van der Waals surface area (Å²) in [7, 11) is 0. The third-order valence-corrected chi connectivity index (χ3v) is 0.978. The van der Waals surface area contributed by atoms with Gasteiger partial charge in [-0.15, -0.1) is 0 Å². The minimum atomic E-state index is -0.111. The van der Waals surface area contributed by atoms with Gasteiger partial charge >= 0.3 is 0 Å². The lowest BCUT2D eigenvalue weighted by Gasteiger charge is -1.89. The summed E-state index contributed by atoms with van der Waals surface area (Å²) in [5.74, 6) is 0.524. The molecule has 0 unspecified atom stereocenters. The summed E-state index contributed by atoms with van der Waals surface area (Å²) >= 11 is 3.92. The molecule has 0 fully saturated rings. The molecule has 10 heavy (non-hydrogen) atoms. The highest BCUT2D eigenvalue weighted by Crippen LogP contribution is 1.75. The highest BCUT2D eigenvalue weighted by molar-refractivity contribution is 7.80. The normalized spacial score (nSPS) is 11.0. The van der Waals surface area contributed by atoms with Crippen LogP contribution in [0.2, 0.25) is 0 Å². The molecular weight excluding hydrogens is 146 g/mol. The summed E-state index contributed by atoms with van der Waals surface area (Å²) in [5, 5.41) is 2.53. The minimum Gasteiger partial charge on any atom is -0.329 e. The van der Waals surface area contributed by atoms with Crippen molar-refractivity contribution >= 4 is 18.5 Å². The van der Waals surface area contributed by atoms with Gasteiger partial charge in [-0.25, -0.2) is 0 Å². The molecule has 1 N–H and O–H groups in total. The molecule has 0 saturated heterocycles. The molecule has 2 nitrogen and oxygen atoms in total. The van der Waals surface area contributed by atoms with Crippen molar-refractivity contribution in [3.8, 4) is 0 Å². The van der Waals surface area contributed by atoms with E-state index in [0.717, 1.165) is 0 Å². The molecule has 0 saturated carbocycles. The van der Waals surface area contributed by atoms with Gasteiger partial charge in [-0.1, -0.05) is 12.2 Å². The smallest absolute Gasteiger partial charge is 0.247 e. The molecule has 0 aliphatic heterocycles. The third-order valence-electron chi connectivity index (χ3n) is 0.767. The van der Waals surface area contributed by atoms with Crippen molar-refractivity contribution in [2.45, 2.75) is 6.92 Å². The van der Waals surface area contributed by atoms with Gasteiger partial charge in [0.25, 0.3) is 0 Å². The predicted molar refractivity (Wildman–Crippen MR) is 45.9 cm³/mol. The SMILES string of the molecule is CC=CC(=O)NC=CCS. The first-order valence-corrected chi connectivity index (χ1v) is 3.63. The monoisotopic (exact) mass is 157 g/mol. The number of rotatable bonds is 3. The second kappa shape index (κ2) is 6.42. The number of carbonyl (C=O) groups excluding carboxylic acids is 1. The Morgan fingerprint density at radius 1 is 1.70 bits per heavy atom. The summed E-state index contributed by atoms with van der Waals surface area (Å²) in [6, 6.07) is 0. The maximum atomic E-state index is 10.6. The summed E-state index contributed by atoms with van der Waals surface area (Å²) in [6.45, 7) is 1.79. The number of hydrogen-bond donors (Lipinski definition) is 2. The fraction of sp³-hybridized carbons (Fsp3) is 0.286. The number of hydrogen-bond acceptors (Lipinski definition) is 2. The van der Waals surface area contributed by atoms with Gasteiger partial charge in [0.1, 0.15) is 0 Å². The molecule has 0 bridgehead atoms. The van der Waals surface area contributed by atoms with E-state index < -0.39 is 0 Å². The molecule has 56 valence electrons. The number of thiol groups is 1. The second-order valence-corrected chi connectivity index (χ2v) is 1.96. The lowest BCUT2D eigenvalue weighted by atomic mass is 10.5. The van der Waals surface area contributed by atoms with Crippen LogP contribution in [0.15, 0.2) is 24.4 Å². The first kappa shape index (κ1) is 9.30. The third kappa shape index (κ3) is 5.44. The molecule has 3 heteroatoms. The van der Waals surface area contributed by atoms with Gasteiger partial charge < -0.3 is 5.32 Å². The fourth-order valence-corrected chi connectivity index (χ4v) is 0.499. The zero-order valence-corrected chi connectivity index (χ0v) is 6.77. The lowest BCUT2D eigenvalue weighted by Crippen LogP contribution is -2.13. The molecule has 0 aliphatic carbocycles. The molecule has 0 heterocycles. The maximum absolute atomic E-state index is 10.6. The van der Waals surface area contributed by atoms with Crippen molar-refractivity contribution in [1.82, 2.24) is 5.32 Å². The standard InChI is InChI=1S/C7H11NOS/c1-2-4-7(9)8-5-3-6-10/h2-5,10H,6H2,1H3,(H,8,9). The van der Waals surface area contributed by atoms with Gasteiger partial charge in [-0.3, -0.25) is 4.79 Å². The van der Waals surface area contributed by atoms with Crippen LogP contribution in [0.4, 0.5) is 0 Å². The molecular formula is C7H11NOS. The van der Waals surface area contributed by atoms with Gasteiger partial charge in [-0.2, -0.15) is 12.6 Å².